The second kappa shape index (κ2) is 6.60. The van der Waals surface area contributed by atoms with Crippen LogP contribution in [0.5, 0.6) is 0 Å². The van der Waals surface area contributed by atoms with E-state index < -0.39 is 6.10 Å². The van der Waals surface area contributed by atoms with E-state index in [0.29, 0.717) is 22.7 Å². The second-order valence-electron chi connectivity index (χ2n) is 7.89. The molecule has 25 heavy (non-hydrogen) atoms. The van der Waals surface area contributed by atoms with Crippen molar-refractivity contribution in [1.82, 2.24) is 4.98 Å². The van der Waals surface area contributed by atoms with Crippen LogP contribution in [0, 0.1) is 29.6 Å². The Kier molecular flexibility index (Phi) is 4.44. The monoisotopic (exact) mass is 362 g/mol. The fourth-order valence-corrected chi connectivity index (χ4v) is 5.41. The van der Waals surface area contributed by atoms with Crippen molar-refractivity contribution in [2.45, 2.75) is 45.1 Å². The molecule has 1 aromatic heterocycles. The summed E-state index contributed by atoms with van der Waals surface area (Å²) in [4.78, 5) is 29.0. The molecule has 0 saturated heterocycles. The van der Waals surface area contributed by atoms with Gasteiger partial charge in [-0.15, -0.1) is 0 Å². The van der Waals surface area contributed by atoms with Crippen LogP contribution < -0.4 is 5.32 Å². The molecule has 1 amide bonds. The highest BCUT2D eigenvalue weighted by Gasteiger charge is 2.51. The van der Waals surface area contributed by atoms with Crippen LogP contribution >= 0.6 is 11.6 Å². The lowest BCUT2D eigenvalue weighted by atomic mass is 9.52. The molecule has 0 spiro atoms. The summed E-state index contributed by atoms with van der Waals surface area (Å²) in [6, 6.07) is 3.27. The molecule has 5 rings (SSSR count). The minimum Gasteiger partial charge on any atom is -0.452 e. The minimum atomic E-state index is -0.831. The molecule has 1 aromatic rings. The third kappa shape index (κ3) is 3.39. The van der Waals surface area contributed by atoms with Crippen molar-refractivity contribution in [1.29, 1.82) is 0 Å². The summed E-state index contributed by atoms with van der Waals surface area (Å²) in [6.07, 6.45) is 6.60. The number of carbonyl (C=O) groups excluding carboxylic acids is 2. The molecule has 1 N–H and O–H groups in total. The van der Waals surface area contributed by atoms with Gasteiger partial charge in [-0.05, 0) is 74.8 Å². The average Bonchev–Trinajstić information content (AvgIpc) is 2.55. The summed E-state index contributed by atoms with van der Waals surface area (Å²) < 4.78 is 5.53. The third-order valence-corrected chi connectivity index (χ3v) is 6.36. The van der Waals surface area contributed by atoms with Crippen molar-refractivity contribution >= 4 is 29.3 Å². The number of aromatic nitrogens is 1. The minimum absolute atomic E-state index is 0.0169. The van der Waals surface area contributed by atoms with Gasteiger partial charge in [-0.1, -0.05) is 11.6 Å². The van der Waals surface area contributed by atoms with Crippen LogP contribution in [0.1, 0.15) is 39.0 Å². The van der Waals surface area contributed by atoms with Gasteiger partial charge in [-0.25, -0.2) is 4.98 Å². The van der Waals surface area contributed by atoms with Crippen LogP contribution in [0.25, 0.3) is 0 Å². The van der Waals surface area contributed by atoms with Gasteiger partial charge >= 0.3 is 5.97 Å². The number of esters is 1. The summed E-state index contributed by atoms with van der Waals surface area (Å²) in [5.74, 6) is 2.34. The SMILES string of the molecule is C[C@H](OC(=O)C1C2CC3CC(C2)CC1C3)C(=O)Nc1ccc(Cl)cn1. The van der Waals surface area contributed by atoms with Gasteiger partial charge in [-0.2, -0.15) is 0 Å². The lowest BCUT2D eigenvalue weighted by Gasteiger charge is -2.53. The second-order valence-corrected chi connectivity index (χ2v) is 8.32. The summed E-state index contributed by atoms with van der Waals surface area (Å²) >= 11 is 5.78. The molecule has 4 aliphatic carbocycles. The molecule has 134 valence electrons. The Bertz CT molecular complexity index is 648. The Morgan fingerprint density at radius 3 is 2.36 bits per heavy atom. The van der Waals surface area contributed by atoms with E-state index in [9.17, 15) is 9.59 Å². The van der Waals surface area contributed by atoms with Crippen LogP contribution in [0.2, 0.25) is 5.02 Å². The van der Waals surface area contributed by atoms with E-state index in [2.05, 4.69) is 10.3 Å². The normalized spacial score (nSPS) is 33.8. The number of nitrogens with zero attached hydrogens (tertiary/aromatic N) is 1. The molecule has 4 fully saturated rings. The fraction of sp³-hybridized carbons (Fsp3) is 0.632. The van der Waals surface area contributed by atoms with Gasteiger partial charge in [0.2, 0.25) is 0 Å². The predicted octanol–water partition coefficient (Wildman–Crippen LogP) is 3.68. The number of anilines is 1. The molecule has 0 unspecified atom stereocenters. The van der Waals surface area contributed by atoms with Crippen molar-refractivity contribution < 1.29 is 14.3 Å². The molecule has 0 radical (unpaired) electrons. The molecular formula is C19H23ClN2O3. The summed E-state index contributed by atoms with van der Waals surface area (Å²) in [5.41, 5.74) is 0. The van der Waals surface area contributed by atoms with Gasteiger partial charge in [0.15, 0.2) is 6.10 Å². The highest BCUT2D eigenvalue weighted by atomic mass is 35.5. The fourth-order valence-electron chi connectivity index (χ4n) is 5.29. The lowest BCUT2D eigenvalue weighted by molar-refractivity contribution is -0.169. The number of amides is 1. The number of carbonyl (C=O) groups is 2. The Balaban J connectivity index is 1.35. The molecule has 4 aliphatic rings. The predicted molar refractivity (Wildman–Crippen MR) is 94.0 cm³/mol. The first kappa shape index (κ1) is 16.8. The van der Waals surface area contributed by atoms with E-state index >= 15 is 0 Å². The van der Waals surface area contributed by atoms with E-state index in [1.165, 1.54) is 12.6 Å². The van der Waals surface area contributed by atoms with Crippen molar-refractivity contribution in [2.75, 3.05) is 5.32 Å². The van der Waals surface area contributed by atoms with E-state index in [0.717, 1.165) is 37.5 Å². The smallest absolute Gasteiger partial charge is 0.310 e. The number of nitrogens with one attached hydrogen (secondary N) is 1. The zero-order chi connectivity index (χ0) is 17.6. The zero-order valence-electron chi connectivity index (χ0n) is 14.3. The molecule has 0 aliphatic heterocycles. The van der Waals surface area contributed by atoms with Crippen LogP contribution in [0.15, 0.2) is 18.3 Å². The van der Waals surface area contributed by atoms with Crippen molar-refractivity contribution in [3.05, 3.63) is 23.4 Å². The number of hydrogen-bond donors (Lipinski definition) is 1. The van der Waals surface area contributed by atoms with Crippen LogP contribution in [0.3, 0.4) is 0 Å². The molecule has 1 heterocycles. The topological polar surface area (TPSA) is 68.3 Å². The van der Waals surface area contributed by atoms with E-state index in [1.54, 1.807) is 19.1 Å². The largest absolute Gasteiger partial charge is 0.452 e. The molecule has 1 atom stereocenters. The summed E-state index contributed by atoms with van der Waals surface area (Å²) in [6.45, 7) is 1.61. The highest BCUT2D eigenvalue weighted by Crippen LogP contribution is 2.56. The van der Waals surface area contributed by atoms with Gasteiger partial charge in [-0.3, -0.25) is 9.59 Å². The van der Waals surface area contributed by atoms with E-state index in [-0.39, 0.29) is 17.8 Å². The lowest BCUT2D eigenvalue weighted by Crippen LogP contribution is -2.49. The number of halogens is 1. The molecule has 5 nitrogen and oxygen atoms in total. The van der Waals surface area contributed by atoms with Crippen LogP contribution in [0.4, 0.5) is 5.82 Å². The molecule has 6 heteroatoms. The van der Waals surface area contributed by atoms with Crippen LogP contribution in [-0.2, 0) is 14.3 Å². The molecule has 4 bridgehead atoms. The first-order valence-corrected chi connectivity index (χ1v) is 9.50. The van der Waals surface area contributed by atoms with Gasteiger partial charge in [0.05, 0.1) is 10.9 Å². The van der Waals surface area contributed by atoms with Crippen molar-refractivity contribution in [3.63, 3.8) is 0 Å². The first-order valence-electron chi connectivity index (χ1n) is 9.12. The zero-order valence-corrected chi connectivity index (χ0v) is 15.0. The van der Waals surface area contributed by atoms with Crippen molar-refractivity contribution in [2.24, 2.45) is 29.6 Å². The highest BCUT2D eigenvalue weighted by molar-refractivity contribution is 6.30. The Labute approximate surface area is 152 Å². The van der Waals surface area contributed by atoms with Crippen molar-refractivity contribution in [3.8, 4) is 0 Å². The first-order chi connectivity index (χ1) is 12.0. The maximum atomic E-state index is 12.7. The number of ether oxygens (including phenoxy) is 1. The molecule has 4 saturated carbocycles. The third-order valence-electron chi connectivity index (χ3n) is 6.14. The number of pyridine rings is 1. The summed E-state index contributed by atoms with van der Waals surface area (Å²) in [7, 11) is 0. The van der Waals surface area contributed by atoms with Gasteiger partial charge in [0.25, 0.3) is 5.91 Å². The molecule has 0 aromatic carbocycles. The number of rotatable bonds is 4. The van der Waals surface area contributed by atoms with Gasteiger partial charge in [0.1, 0.15) is 5.82 Å². The number of hydrogen-bond acceptors (Lipinski definition) is 4. The standard InChI is InChI=1S/C19H23ClN2O3/c1-10(18(23)22-16-3-2-15(20)9-21-16)25-19(24)17-13-5-11-4-12(7-13)8-14(17)6-11/h2-3,9-14,17H,4-8H2,1H3,(H,21,22,23)/t10-,11?,12?,13?,14?,17?/m0/s1. The van der Waals surface area contributed by atoms with Gasteiger partial charge in [0, 0.05) is 6.20 Å². The molecular weight excluding hydrogens is 340 g/mol. The average molecular weight is 363 g/mol. The van der Waals surface area contributed by atoms with E-state index in [1.807, 2.05) is 0 Å². The summed E-state index contributed by atoms with van der Waals surface area (Å²) in [5, 5.41) is 3.16. The van der Waals surface area contributed by atoms with Crippen LogP contribution in [-0.4, -0.2) is 23.0 Å². The van der Waals surface area contributed by atoms with Gasteiger partial charge < -0.3 is 10.1 Å². The maximum Gasteiger partial charge on any atom is 0.310 e. The Morgan fingerprint density at radius 2 is 1.80 bits per heavy atom. The maximum absolute atomic E-state index is 12.7. The Morgan fingerprint density at radius 1 is 1.16 bits per heavy atom. The Hall–Kier alpha value is -1.62. The quantitative estimate of drug-likeness (QED) is 0.829. The van der Waals surface area contributed by atoms with E-state index in [4.69, 9.17) is 16.3 Å².